The number of nitro groups is 1. The van der Waals surface area contributed by atoms with Gasteiger partial charge in [-0.15, -0.1) is 0 Å². The second-order valence-electron chi connectivity index (χ2n) is 4.52. The van der Waals surface area contributed by atoms with E-state index in [1.54, 1.807) is 0 Å². The van der Waals surface area contributed by atoms with Crippen molar-refractivity contribution >= 4 is 34.9 Å². The summed E-state index contributed by atoms with van der Waals surface area (Å²) < 4.78 is 4.77. The van der Waals surface area contributed by atoms with Crippen LogP contribution < -0.4 is 10.7 Å². The zero-order valence-corrected chi connectivity index (χ0v) is 11.8. The van der Waals surface area contributed by atoms with E-state index >= 15 is 0 Å². The fourth-order valence-corrected chi connectivity index (χ4v) is 1.70. The Bertz CT molecular complexity index is 682. The molecule has 0 unspecified atom stereocenters. The normalized spacial score (nSPS) is 13.6. The molecular formula is C13H12N4O6. The van der Waals surface area contributed by atoms with E-state index in [2.05, 4.69) is 15.8 Å². The van der Waals surface area contributed by atoms with Crippen LogP contribution in [0.15, 0.2) is 29.4 Å². The molecule has 10 heteroatoms. The zero-order chi connectivity index (χ0) is 16.8. The number of hydrogen-bond donors (Lipinski definition) is 2. The number of nitro benzene ring substituents is 1. The Morgan fingerprint density at radius 1 is 1.30 bits per heavy atom. The van der Waals surface area contributed by atoms with Gasteiger partial charge in [-0.2, -0.15) is 5.10 Å². The monoisotopic (exact) mass is 320 g/mol. The van der Waals surface area contributed by atoms with E-state index in [-0.39, 0.29) is 30.1 Å². The molecule has 120 valence electrons. The van der Waals surface area contributed by atoms with Crippen molar-refractivity contribution in [2.45, 2.75) is 12.8 Å². The molecule has 0 aliphatic carbocycles. The first-order valence-corrected chi connectivity index (χ1v) is 6.52. The van der Waals surface area contributed by atoms with E-state index in [0.29, 0.717) is 5.69 Å². The number of amides is 2. The molecule has 0 fully saturated rings. The SMILES string of the molecule is O=C1CCC(C(=O)OCC(=O)Nc2ccc([N+](=O)[O-])cc2)=NN1. The molecule has 1 aliphatic heterocycles. The van der Waals surface area contributed by atoms with Gasteiger partial charge in [-0.25, -0.2) is 10.2 Å². The molecule has 0 atom stereocenters. The highest BCUT2D eigenvalue weighted by Gasteiger charge is 2.20. The molecule has 0 saturated carbocycles. The summed E-state index contributed by atoms with van der Waals surface area (Å²) in [6.07, 6.45) is 0.275. The molecule has 0 spiro atoms. The molecule has 23 heavy (non-hydrogen) atoms. The predicted molar refractivity (Wildman–Crippen MR) is 77.5 cm³/mol. The average Bonchev–Trinajstić information content (AvgIpc) is 2.54. The average molecular weight is 320 g/mol. The van der Waals surface area contributed by atoms with Crippen LogP contribution in [0.3, 0.4) is 0 Å². The van der Waals surface area contributed by atoms with Gasteiger partial charge in [-0.3, -0.25) is 19.7 Å². The fraction of sp³-hybridized carbons (Fsp3) is 0.231. The van der Waals surface area contributed by atoms with Gasteiger partial charge in [0.1, 0.15) is 5.71 Å². The topological polar surface area (TPSA) is 140 Å². The van der Waals surface area contributed by atoms with Crippen molar-refractivity contribution in [2.75, 3.05) is 11.9 Å². The number of benzene rings is 1. The van der Waals surface area contributed by atoms with E-state index < -0.39 is 23.4 Å². The van der Waals surface area contributed by atoms with Gasteiger partial charge in [0.05, 0.1) is 4.92 Å². The van der Waals surface area contributed by atoms with Crippen LogP contribution in [0.1, 0.15) is 12.8 Å². The summed E-state index contributed by atoms with van der Waals surface area (Å²) in [4.78, 5) is 44.1. The first-order valence-electron chi connectivity index (χ1n) is 6.52. The van der Waals surface area contributed by atoms with Crippen molar-refractivity contribution in [3.63, 3.8) is 0 Å². The molecule has 1 aromatic rings. The van der Waals surface area contributed by atoms with Crippen molar-refractivity contribution < 1.29 is 24.0 Å². The van der Waals surface area contributed by atoms with Crippen LogP contribution in [0.25, 0.3) is 0 Å². The molecule has 0 aromatic heterocycles. The molecule has 1 heterocycles. The fourth-order valence-electron chi connectivity index (χ4n) is 1.70. The predicted octanol–water partition coefficient (Wildman–Crippen LogP) is 0.342. The number of anilines is 1. The number of hydrogen-bond acceptors (Lipinski definition) is 7. The Balaban J connectivity index is 1.82. The van der Waals surface area contributed by atoms with Gasteiger partial charge in [-0.1, -0.05) is 0 Å². The van der Waals surface area contributed by atoms with E-state index in [0.717, 1.165) is 0 Å². The molecular weight excluding hydrogens is 308 g/mol. The standard InChI is InChI=1S/C13H12N4O6/c18-11-6-5-10(15-16-11)13(20)23-7-12(19)14-8-1-3-9(4-2-8)17(21)22/h1-4H,5-7H2,(H,14,19)(H,16,18). The van der Waals surface area contributed by atoms with Gasteiger partial charge >= 0.3 is 5.97 Å². The number of esters is 1. The smallest absolute Gasteiger partial charge is 0.355 e. The number of carbonyl (C=O) groups excluding carboxylic acids is 3. The highest BCUT2D eigenvalue weighted by atomic mass is 16.6. The number of rotatable bonds is 5. The minimum Gasteiger partial charge on any atom is -0.451 e. The van der Waals surface area contributed by atoms with Crippen molar-refractivity contribution in [2.24, 2.45) is 5.10 Å². The van der Waals surface area contributed by atoms with E-state index in [4.69, 9.17) is 4.74 Å². The van der Waals surface area contributed by atoms with Gasteiger partial charge in [0.2, 0.25) is 5.91 Å². The van der Waals surface area contributed by atoms with Crippen LogP contribution in [-0.4, -0.2) is 35.0 Å². The lowest BCUT2D eigenvalue weighted by Gasteiger charge is -2.11. The molecule has 1 aliphatic rings. The Kier molecular flexibility index (Phi) is 4.97. The van der Waals surface area contributed by atoms with Gasteiger partial charge in [0.25, 0.3) is 11.6 Å². The Labute approximate surface area is 129 Å². The van der Waals surface area contributed by atoms with E-state index in [1.165, 1.54) is 24.3 Å². The van der Waals surface area contributed by atoms with Gasteiger partial charge in [-0.05, 0) is 12.1 Å². The van der Waals surface area contributed by atoms with Crippen LogP contribution in [-0.2, 0) is 19.1 Å². The summed E-state index contributed by atoms with van der Waals surface area (Å²) >= 11 is 0. The Morgan fingerprint density at radius 2 is 2.00 bits per heavy atom. The van der Waals surface area contributed by atoms with Crippen LogP contribution in [0.4, 0.5) is 11.4 Å². The van der Waals surface area contributed by atoms with Gasteiger partial charge in [0.15, 0.2) is 6.61 Å². The summed E-state index contributed by atoms with van der Waals surface area (Å²) in [7, 11) is 0. The minimum absolute atomic E-state index is 0.0349. The first kappa shape index (κ1) is 16.1. The number of nitrogens with zero attached hydrogens (tertiary/aromatic N) is 2. The summed E-state index contributed by atoms with van der Waals surface area (Å²) in [5, 5.41) is 16.5. The molecule has 10 nitrogen and oxygen atoms in total. The maximum Gasteiger partial charge on any atom is 0.355 e. The number of nitrogens with one attached hydrogen (secondary N) is 2. The second-order valence-corrected chi connectivity index (χ2v) is 4.52. The number of ether oxygens (including phenoxy) is 1. The van der Waals surface area contributed by atoms with Crippen molar-refractivity contribution in [3.05, 3.63) is 34.4 Å². The first-order chi connectivity index (χ1) is 11.0. The lowest BCUT2D eigenvalue weighted by atomic mass is 10.2. The molecule has 0 bridgehead atoms. The highest BCUT2D eigenvalue weighted by molar-refractivity contribution is 6.37. The summed E-state index contributed by atoms with van der Waals surface area (Å²) in [5.74, 6) is -1.69. The zero-order valence-electron chi connectivity index (χ0n) is 11.8. The van der Waals surface area contributed by atoms with Gasteiger partial charge in [0, 0.05) is 30.7 Å². The van der Waals surface area contributed by atoms with Crippen LogP contribution >= 0.6 is 0 Å². The molecule has 0 saturated heterocycles. The molecule has 1 aromatic carbocycles. The third-order valence-electron chi connectivity index (χ3n) is 2.84. The molecule has 2 amide bonds. The maximum atomic E-state index is 11.6. The van der Waals surface area contributed by atoms with Crippen molar-refractivity contribution in [3.8, 4) is 0 Å². The van der Waals surface area contributed by atoms with Crippen molar-refractivity contribution in [1.82, 2.24) is 5.43 Å². The Morgan fingerprint density at radius 3 is 2.57 bits per heavy atom. The maximum absolute atomic E-state index is 11.6. The summed E-state index contributed by atoms with van der Waals surface area (Å²) in [5.41, 5.74) is 2.41. The highest BCUT2D eigenvalue weighted by Crippen LogP contribution is 2.15. The largest absolute Gasteiger partial charge is 0.451 e. The molecule has 0 radical (unpaired) electrons. The minimum atomic E-state index is -0.788. The van der Waals surface area contributed by atoms with Crippen molar-refractivity contribution in [1.29, 1.82) is 0 Å². The third kappa shape index (κ3) is 4.59. The van der Waals surface area contributed by atoms with E-state index in [1.807, 2.05) is 0 Å². The van der Waals surface area contributed by atoms with Crippen LogP contribution in [0.2, 0.25) is 0 Å². The van der Waals surface area contributed by atoms with Gasteiger partial charge < -0.3 is 10.1 Å². The Hall–Kier alpha value is -3.30. The summed E-state index contributed by atoms with van der Waals surface area (Å²) in [6, 6.07) is 5.19. The summed E-state index contributed by atoms with van der Waals surface area (Å²) in [6.45, 7) is -0.539. The number of carbonyl (C=O) groups is 3. The number of hydrazone groups is 1. The lowest BCUT2D eigenvalue weighted by Crippen LogP contribution is -2.32. The van der Waals surface area contributed by atoms with Crippen LogP contribution in [0, 0.1) is 10.1 Å². The molecule has 2 N–H and O–H groups in total. The lowest BCUT2D eigenvalue weighted by molar-refractivity contribution is -0.384. The third-order valence-corrected chi connectivity index (χ3v) is 2.84. The van der Waals surface area contributed by atoms with Crippen LogP contribution in [0.5, 0.6) is 0 Å². The quantitative estimate of drug-likeness (QED) is 0.455. The van der Waals surface area contributed by atoms with E-state index in [9.17, 15) is 24.5 Å². The molecule has 2 rings (SSSR count). The second kappa shape index (κ2) is 7.11. The number of non-ortho nitro benzene ring substituents is 1.